The van der Waals surface area contributed by atoms with Crippen LogP contribution >= 0.6 is 0 Å². The van der Waals surface area contributed by atoms with Crippen LogP contribution in [0.4, 0.5) is 0 Å². The minimum Gasteiger partial charge on any atom is -0.490 e. The fraction of sp³-hybridized carbons (Fsp3) is 0.478. The zero-order valence-corrected chi connectivity index (χ0v) is 16.9. The van der Waals surface area contributed by atoms with E-state index in [1.165, 1.54) is 12.8 Å². The molecule has 2 aromatic rings. The highest BCUT2D eigenvalue weighted by atomic mass is 16.5. The molecule has 5 heteroatoms. The largest absolute Gasteiger partial charge is 0.490 e. The first-order chi connectivity index (χ1) is 13.8. The van der Waals surface area contributed by atoms with E-state index in [1.807, 2.05) is 62.4 Å². The number of para-hydroxylation sites is 4. The van der Waals surface area contributed by atoms with Gasteiger partial charge in [-0.15, -0.1) is 0 Å². The van der Waals surface area contributed by atoms with E-state index in [2.05, 4.69) is 4.90 Å². The molecule has 1 aliphatic rings. The molecule has 0 heterocycles. The summed E-state index contributed by atoms with van der Waals surface area (Å²) in [6, 6.07) is 16.3. The lowest BCUT2D eigenvalue weighted by atomic mass is 10.3. The molecule has 0 saturated heterocycles. The minimum atomic E-state index is 0.634. The molecule has 0 radical (unpaired) electrons. The Kier molecular flexibility index (Phi) is 7.85. The van der Waals surface area contributed by atoms with Crippen LogP contribution in [0.1, 0.15) is 26.7 Å². The van der Waals surface area contributed by atoms with Crippen LogP contribution in [0.2, 0.25) is 0 Å². The van der Waals surface area contributed by atoms with Crippen LogP contribution in [0.15, 0.2) is 48.5 Å². The second-order valence-electron chi connectivity index (χ2n) is 6.72. The van der Waals surface area contributed by atoms with Crippen LogP contribution in [-0.2, 0) is 0 Å². The van der Waals surface area contributed by atoms with E-state index in [1.54, 1.807) is 0 Å². The summed E-state index contributed by atoms with van der Waals surface area (Å²) in [5, 5.41) is 0. The lowest BCUT2D eigenvalue weighted by Gasteiger charge is -2.22. The SMILES string of the molecule is CCOc1ccccc1OCCN(CCOc1ccccc1OCC)C1CC1. The topological polar surface area (TPSA) is 40.2 Å². The zero-order valence-electron chi connectivity index (χ0n) is 16.9. The first-order valence-corrected chi connectivity index (χ1v) is 10.2. The summed E-state index contributed by atoms with van der Waals surface area (Å²) in [4.78, 5) is 2.45. The first kappa shape index (κ1) is 20.3. The zero-order chi connectivity index (χ0) is 19.6. The molecule has 3 rings (SSSR count). The van der Waals surface area contributed by atoms with Crippen molar-refractivity contribution in [1.29, 1.82) is 0 Å². The lowest BCUT2D eigenvalue weighted by molar-refractivity contribution is 0.165. The minimum absolute atomic E-state index is 0.634. The summed E-state index contributed by atoms with van der Waals surface area (Å²) in [5.74, 6) is 3.22. The highest BCUT2D eigenvalue weighted by molar-refractivity contribution is 5.40. The van der Waals surface area contributed by atoms with Gasteiger partial charge in [-0.3, -0.25) is 4.90 Å². The van der Waals surface area contributed by atoms with Gasteiger partial charge in [-0.25, -0.2) is 0 Å². The predicted octanol–water partition coefficient (Wildman–Crippen LogP) is 4.41. The molecule has 0 bridgehead atoms. The maximum atomic E-state index is 5.99. The van der Waals surface area contributed by atoms with Crippen LogP contribution in [0.5, 0.6) is 23.0 Å². The normalized spacial score (nSPS) is 13.4. The molecule has 0 unspecified atom stereocenters. The molecule has 28 heavy (non-hydrogen) atoms. The highest BCUT2D eigenvalue weighted by Gasteiger charge is 2.28. The van der Waals surface area contributed by atoms with E-state index in [0.717, 1.165) is 36.1 Å². The van der Waals surface area contributed by atoms with Gasteiger partial charge in [0.15, 0.2) is 23.0 Å². The van der Waals surface area contributed by atoms with Gasteiger partial charge in [0.05, 0.1) is 13.2 Å². The second-order valence-corrected chi connectivity index (χ2v) is 6.72. The molecule has 0 aromatic heterocycles. The Morgan fingerprint density at radius 2 is 1.07 bits per heavy atom. The number of nitrogens with zero attached hydrogens (tertiary/aromatic N) is 1. The number of rotatable bonds is 13. The average Bonchev–Trinajstić information content (AvgIpc) is 3.55. The molecule has 0 aliphatic heterocycles. The third kappa shape index (κ3) is 6.06. The van der Waals surface area contributed by atoms with Crippen LogP contribution < -0.4 is 18.9 Å². The Morgan fingerprint density at radius 1 is 0.679 bits per heavy atom. The van der Waals surface area contributed by atoms with E-state index in [9.17, 15) is 0 Å². The fourth-order valence-corrected chi connectivity index (χ4v) is 3.15. The Balaban J connectivity index is 1.46. The molecular formula is C23H31NO4. The number of benzene rings is 2. The first-order valence-electron chi connectivity index (χ1n) is 10.2. The Labute approximate surface area is 168 Å². The van der Waals surface area contributed by atoms with Gasteiger partial charge in [-0.1, -0.05) is 24.3 Å². The molecule has 0 atom stereocenters. The predicted molar refractivity (Wildman–Crippen MR) is 111 cm³/mol. The lowest BCUT2D eigenvalue weighted by Crippen LogP contribution is -2.34. The summed E-state index contributed by atoms with van der Waals surface area (Å²) in [7, 11) is 0. The summed E-state index contributed by atoms with van der Waals surface area (Å²) in [6.45, 7) is 8.25. The Bertz CT molecular complexity index is 662. The molecule has 152 valence electrons. The van der Waals surface area contributed by atoms with Gasteiger partial charge >= 0.3 is 0 Å². The van der Waals surface area contributed by atoms with Gasteiger partial charge in [-0.2, -0.15) is 0 Å². The van der Waals surface area contributed by atoms with Gasteiger partial charge in [0.2, 0.25) is 0 Å². The van der Waals surface area contributed by atoms with E-state index >= 15 is 0 Å². The molecule has 1 saturated carbocycles. The smallest absolute Gasteiger partial charge is 0.161 e. The average molecular weight is 386 g/mol. The van der Waals surface area contributed by atoms with Gasteiger partial charge in [0, 0.05) is 19.1 Å². The molecule has 1 aliphatic carbocycles. The second kappa shape index (κ2) is 10.8. The van der Waals surface area contributed by atoms with Crippen LogP contribution in [0, 0.1) is 0 Å². The number of hydrogen-bond donors (Lipinski definition) is 0. The van der Waals surface area contributed by atoms with Crippen LogP contribution in [0.25, 0.3) is 0 Å². The maximum absolute atomic E-state index is 5.99. The summed E-state index contributed by atoms with van der Waals surface area (Å²) in [6.07, 6.45) is 2.51. The Morgan fingerprint density at radius 3 is 1.43 bits per heavy atom. The fourth-order valence-electron chi connectivity index (χ4n) is 3.15. The summed E-state index contributed by atoms with van der Waals surface area (Å²) >= 11 is 0. The van der Waals surface area contributed by atoms with E-state index in [-0.39, 0.29) is 0 Å². The van der Waals surface area contributed by atoms with Crippen molar-refractivity contribution in [3.8, 4) is 23.0 Å². The molecule has 2 aromatic carbocycles. The van der Waals surface area contributed by atoms with Crippen molar-refractivity contribution in [2.75, 3.05) is 39.5 Å². The van der Waals surface area contributed by atoms with Crippen molar-refractivity contribution in [2.45, 2.75) is 32.7 Å². The van der Waals surface area contributed by atoms with E-state index < -0.39 is 0 Å². The van der Waals surface area contributed by atoms with Crippen molar-refractivity contribution >= 4 is 0 Å². The van der Waals surface area contributed by atoms with E-state index in [4.69, 9.17) is 18.9 Å². The van der Waals surface area contributed by atoms with Crippen molar-refractivity contribution in [3.05, 3.63) is 48.5 Å². The van der Waals surface area contributed by atoms with Gasteiger partial charge in [0.25, 0.3) is 0 Å². The third-order valence-corrected chi connectivity index (χ3v) is 4.63. The standard InChI is InChI=1S/C23H31NO4/c1-3-25-20-9-5-7-11-22(20)27-17-15-24(19-13-14-19)16-18-28-23-12-8-6-10-21(23)26-4-2/h5-12,19H,3-4,13-18H2,1-2H3. The highest BCUT2D eigenvalue weighted by Crippen LogP contribution is 2.29. The van der Waals surface area contributed by atoms with Crippen molar-refractivity contribution < 1.29 is 18.9 Å². The van der Waals surface area contributed by atoms with Crippen LogP contribution in [-0.4, -0.2) is 50.5 Å². The van der Waals surface area contributed by atoms with Crippen molar-refractivity contribution in [2.24, 2.45) is 0 Å². The number of hydrogen-bond acceptors (Lipinski definition) is 5. The molecular weight excluding hydrogens is 354 g/mol. The maximum Gasteiger partial charge on any atom is 0.161 e. The molecule has 5 nitrogen and oxygen atoms in total. The van der Waals surface area contributed by atoms with Gasteiger partial charge < -0.3 is 18.9 Å². The van der Waals surface area contributed by atoms with Crippen molar-refractivity contribution in [3.63, 3.8) is 0 Å². The molecule has 1 fully saturated rings. The van der Waals surface area contributed by atoms with Crippen molar-refractivity contribution in [1.82, 2.24) is 4.90 Å². The molecule has 0 amide bonds. The Hall–Kier alpha value is -2.40. The van der Waals surface area contributed by atoms with E-state index in [0.29, 0.717) is 32.5 Å². The molecule has 0 N–H and O–H groups in total. The molecule has 0 spiro atoms. The number of ether oxygens (including phenoxy) is 4. The van der Waals surface area contributed by atoms with Crippen LogP contribution in [0.3, 0.4) is 0 Å². The third-order valence-electron chi connectivity index (χ3n) is 4.63. The van der Waals surface area contributed by atoms with Gasteiger partial charge in [-0.05, 0) is 51.0 Å². The quantitative estimate of drug-likeness (QED) is 0.511. The van der Waals surface area contributed by atoms with Gasteiger partial charge in [0.1, 0.15) is 13.2 Å². The summed E-state index contributed by atoms with van der Waals surface area (Å²) in [5.41, 5.74) is 0. The summed E-state index contributed by atoms with van der Waals surface area (Å²) < 4.78 is 23.2. The monoisotopic (exact) mass is 385 g/mol.